The predicted octanol–water partition coefficient (Wildman–Crippen LogP) is 1.86. The molecule has 0 saturated carbocycles. The highest BCUT2D eigenvalue weighted by atomic mass is 32.2. The summed E-state index contributed by atoms with van der Waals surface area (Å²) in [6, 6.07) is 6.50. The van der Waals surface area contributed by atoms with Crippen molar-refractivity contribution < 1.29 is 13.2 Å². The lowest BCUT2D eigenvalue weighted by atomic mass is 10.2. The smallest absolute Gasteiger partial charge is 0.182 e. The molecule has 0 radical (unpaired) electrons. The van der Waals surface area contributed by atoms with Gasteiger partial charge in [-0.05, 0) is 38.6 Å². The van der Waals surface area contributed by atoms with Crippen LogP contribution in [0.1, 0.15) is 20.8 Å². The van der Waals surface area contributed by atoms with E-state index in [0.29, 0.717) is 10.6 Å². The second kappa shape index (κ2) is 6.20. The van der Waals surface area contributed by atoms with Crippen LogP contribution in [0, 0.1) is 0 Å². The summed E-state index contributed by atoms with van der Waals surface area (Å²) in [4.78, 5) is 0.305. The normalized spacial score (nSPS) is 15.1. The van der Waals surface area contributed by atoms with E-state index >= 15 is 0 Å². The molecular formula is C13H21NO3S. The van der Waals surface area contributed by atoms with Gasteiger partial charge in [-0.25, -0.2) is 8.42 Å². The molecule has 2 atom stereocenters. The Balaban J connectivity index is 3.05. The zero-order valence-corrected chi connectivity index (χ0v) is 12.1. The van der Waals surface area contributed by atoms with Crippen LogP contribution in [0.5, 0.6) is 5.75 Å². The van der Waals surface area contributed by atoms with Crippen LogP contribution in [-0.2, 0) is 9.84 Å². The van der Waals surface area contributed by atoms with Gasteiger partial charge in [-0.15, -0.1) is 0 Å². The van der Waals surface area contributed by atoms with Gasteiger partial charge < -0.3 is 10.1 Å². The number of benzene rings is 1. The van der Waals surface area contributed by atoms with Crippen molar-refractivity contribution >= 4 is 9.84 Å². The lowest BCUT2D eigenvalue weighted by molar-refractivity contribution is 0.413. The number of sulfone groups is 1. The molecule has 0 fully saturated rings. The molecule has 18 heavy (non-hydrogen) atoms. The van der Waals surface area contributed by atoms with Gasteiger partial charge >= 0.3 is 0 Å². The maximum atomic E-state index is 12.4. The third kappa shape index (κ3) is 3.23. The van der Waals surface area contributed by atoms with Crippen molar-refractivity contribution in [2.75, 3.05) is 13.7 Å². The standard InChI is InChI=1S/C13H21NO3S/c1-5-14-10(2)11(3)18(15,16)13-8-6-7-12(9-13)17-4/h6-11,14H,5H2,1-4H3. The molecule has 1 aromatic rings. The molecule has 0 aliphatic rings. The van der Waals surface area contributed by atoms with E-state index in [-0.39, 0.29) is 6.04 Å². The molecule has 0 aliphatic carbocycles. The second-order valence-electron chi connectivity index (χ2n) is 4.28. The molecule has 0 saturated heterocycles. The highest BCUT2D eigenvalue weighted by molar-refractivity contribution is 7.92. The molecule has 1 N–H and O–H groups in total. The van der Waals surface area contributed by atoms with E-state index in [0.717, 1.165) is 6.54 Å². The summed E-state index contributed by atoms with van der Waals surface area (Å²) in [6.45, 7) is 6.31. The van der Waals surface area contributed by atoms with Crippen molar-refractivity contribution in [3.8, 4) is 5.75 Å². The molecule has 102 valence electrons. The van der Waals surface area contributed by atoms with Gasteiger partial charge in [0.2, 0.25) is 0 Å². The molecule has 0 spiro atoms. The Bertz CT molecular complexity index is 485. The molecule has 0 amide bonds. The molecule has 2 unspecified atom stereocenters. The van der Waals surface area contributed by atoms with Crippen molar-refractivity contribution in [1.29, 1.82) is 0 Å². The first-order chi connectivity index (χ1) is 8.43. The van der Waals surface area contributed by atoms with E-state index in [9.17, 15) is 8.42 Å². The van der Waals surface area contributed by atoms with Crippen molar-refractivity contribution in [3.63, 3.8) is 0 Å². The Morgan fingerprint density at radius 2 is 2.00 bits per heavy atom. The average Bonchev–Trinajstić information content (AvgIpc) is 2.38. The monoisotopic (exact) mass is 271 g/mol. The number of hydrogen-bond acceptors (Lipinski definition) is 4. The summed E-state index contributed by atoms with van der Waals surface area (Å²) in [5, 5.41) is 2.66. The summed E-state index contributed by atoms with van der Waals surface area (Å²) < 4.78 is 29.9. The largest absolute Gasteiger partial charge is 0.497 e. The molecule has 0 heterocycles. The molecular weight excluding hydrogens is 250 g/mol. The number of methoxy groups -OCH3 is 1. The fraction of sp³-hybridized carbons (Fsp3) is 0.538. The van der Waals surface area contributed by atoms with Gasteiger partial charge in [0.25, 0.3) is 0 Å². The quantitative estimate of drug-likeness (QED) is 0.858. The van der Waals surface area contributed by atoms with E-state index in [1.807, 2.05) is 13.8 Å². The lowest BCUT2D eigenvalue weighted by Crippen LogP contribution is -2.40. The highest BCUT2D eigenvalue weighted by Gasteiger charge is 2.28. The van der Waals surface area contributed by atoms with E-state index in [1.54, 1.807) is 31.2 Å². The minimum atomic E-state index is -3.34. The third-order valence-corrected chi connectivity index (χ3v) is 5.39. The van der Waals surface area contributed by atoms with Gasteiger partial charge in [0.05, 0.1) is 17.3 Å². The van der Waals surface area contributed by atoms with E-state index in [1.165, 1.54) is 7.11 Å². The molecule has 5 heteroatoms. The summed E-state index contributed by atoms with van der Waals surface area (Å²) >= 11 is 0. The van der Waals surface area contributed by atoms with Crippen LogP contribution >= 0.6 is 0 Å². The Labute approximate surface area is 109 Å². The average molecular weight is 271 g/mol. The lowest BCUT2D eigenvalue weighted by Gasteiger charge is -2.21. The minimum Gasteiger partial charge on any atom is -0.497 e. The molecule has 1 aromatic carbocycles. The summed E-state index contributed by atoms with van der Waals surface area (Å²) in [7, 11) is -1.81. The van der Waals surface area contributed by atoms with Crippen LogP contribution in [0.2, 0.25) is 0 Å². The topological polar surface area (TPSA) is 55.4 Å². The predicted molar refractivity (Wildman–Crippen MR) is 72.8 cm³/mol. The van der Waals surface area contributed by atoms with E-state index in [4.69, 9.17) is 4.74 Å². The van der Waals surface area contributed by atoms with Crippen molar-refractivity contribution in [2.24, 2.45) is 0 Å². The summed E-state index contributed by atoms with van der Waals surface area (Å²) in [5.41, 5.74) is 0. The first-order valence-corrected chi connectivity index (χ1v) is 7.59. The van der Waals surface area contributed by atoms with Gasteiger partial charge in [-0.2, -0.15) is 0 Å². The zero-order chi connectivity index (χ0) is 13.8. The first-order valence-electron chi connectivity index (χ1n) is 6.04. The SMILES string of the molecule is CCNC(C)C(C)S(=O)(=O)c1cccc(OC)c1. The number of nitrogens with one attached hydrogen (secondary N) is 1. The van der Waals surface area contributed by atoms with E-state index < -0.39 is 15.1 Å². The maximum absolute atomic E-state index is 12.4. The maximum Gasteiger partial charge on any atom is 0.182 e. The molecule has 0 aliphatic heterocycles. The van der Waals surface area contributed by atoms with Gasteiger partial charge in [-0.1, -0.05) is 13.0 Å². The molecule has 0 aromatic heterocycles. The summed E-state index contributed by atoms with van der Waals surface area (Å²) in [5.74, 6) is 0.555. The fourth-order valence-corrected chi connectivity index (χ4v) is 3.36. The van der Waals surface area contributed by atoms with Gasteiger partial charge in [-0.3, -0.25) is 0 Å². The fourth-order valence-electron chi connectivity index (χ4n) is 1.75. The first kappa shape index (κ1) is 15.0. The van der Waals surface area contributed by atoms with Crippen LogP contribution in [0.25, 0.3) is 0 Å². The third-order valence-electron chi connectivity index (χ3n) is 3.09. The van der Waals surface area contributed by atoms with Gasteiger partial charge in [0.15, 0.2) is 9.84 Å². The second-order valence-corrected chi connectivity index (χ2v) is 6.58. The van der Waals surface area contributed by atoms with Crippen LogP contribution in [0.15, 0.2) is 29.2 Å². The molecule has 4 nitrogen and oxygen atoms in total. The van der Waals surface area contributed by atoms with E-state index in [2.05, 4.69) is 5.32 Å². The van der Waals surface area contributed by atoms with Crippen molar-refractivity contribution in [3.05, 3.63) is 24.3 Å². The van der Waals surface area contributed by atoms with Gasteiger partial charge in [0.1, 0.15) is 5.75 Å². The van der Waals surface area contributed by atoms with Crippen molar-refractivity contribution in [2.45, 2.75) is 37.0 Å². The Kier molecular flexibility index (Phi) is 5.16. The minimum absolute atomic E-state index is 0.0915. The number of ether oxygens (including phenoxy) is 1. The Morgan fingerprint density at radius 1 is 1.33 bits per heavy atom. The molecule has 0 bridgehead atoms. The summed E-state index contributed by atoms with van der Waals surface area (Å²) in [6.07, 6.45) is 0. The van der Waals surface area contributed by atoms with Crippen LogP contribution in [-0.4, -0.2) is 33.4 Å². The van der Waals surface area contributed by atoms with Gasteiger partial charge in [0, 0.05) is 6.04 Å². The Morgan fingerprint density at radius 3 is 2.56 bits per heavy atom. The zero-order valence-electron chi connectivity index (χ0n) is 11.3. The molecule has 1 rings (SSSR count). The number of hydrogen-bond donors (Lipinski definition) is 1. The Hall–Kier alpha value is -1.07. The van der Waals surface area contributed by atoms with Crippen LogP contribution in [0.3, 0.4) is 0 Å². The van der Waals surface area contributed by atoms with Crippen LogP contribution < -0.4 is 10.1 Å². The van der Waals surface area contributed by atoms with Crippen molar-refractivity contribution in [1.82, 2.24) is 5.32 Å². The van der Waals surface area contributed by atoms with Crippen LogP contribution in [0.4, 0.5) is 0 Å². The number of rotatable bonds is 6. The highest BCUT2D eigenvalue weighted by Crippen LogP contribution is 2.22.